The van der Waals surface area contributed by atoms with Gasteiger partial charge in [0.05, 0.1) is 4.88 Å². The van der Waals surface area contributed by atoms with Crippen LogP contribution in [0, 0.1) is 0 Å². The van der Waals surface area contributed by atoms with Crippen molar-refractivity contribution in [2.45, 2.75) is 44.1 Å². The number of likely N-dealkylation sites (tertiary alicyclic amines) is 1. The minimum Gasteiger partial charge on any atom is -0.430 e. The summed E-state index contributed by atoms with van der Waals surface area (Å²) >= 11 is 1.59. The highest BCUT2D eigenvalue weighted by Gasteiger charge is 2.45. The maximum atomic E-state index is 12.8. The Labute approximate surface area is 133 Å². The van der Waals surface area contributed by atoms with Crippen LogP contribution in [0.4, 0.5) is 4.79 Å². The molecule has 0 unspecified atom stereocenters. The molecule has 0 bridgehead atoms. The second kappa shape index (κ2) is 5.26. The van der Waals surface area contributed by atoms with E-state index in [2.05, 4.69) is 5.38 Å². The van der Waals surface area contributed by atoms with Gasteiger partial charge in [-0.2, -0.15) is 0 Å². The summed E-state index contributed by atoms with van der Waals surface area (Å²) in [7, 11) is 0. The Hall–Kier alpha value is -1.56. The van der Waals surface area contributed by atoms with Crippen LogP contribution in [-0.2, 0) is 22.3 Å². The third kappa shape index (κ3) is 2.29. The van der Waals surface area contributed by atoms with Crippen molar-refractivity contribution in [3.05, 3.63) is 21.4 Å². The fourth-order valence-electron chi connectivity index (χ4n) is 3.63. The standard InChI is InChI=1S/C16H19NO4S/c18-14(13-12-4-2-1-3-11(12)9-22-13)17-7-5-16(6-8-17)10-20-15(19)21-16/h9H,1-8,10H2. The maximum Gasteiger partial charge on any atom is 0.509 e. The van der Waals surface area contributed by atoms with Crippen molar-refractivity contribution in [3.8, 4) is 0 Å². The minimum absolute atomic E-state index is 0.147. The highest BCUT2D eigenvalue weighted by Crippen LogP contribution is 2.34. The average molecular weight is 321 g/mol. The van der Waals surface area contributed by atoms with Crippen LogP contribution in [0.15, 0.2) is 5.38 Å². The molecule has 1 aromatic heterocycles. The number of ether oxygens (including phenoxy) is 2. The lowest BCUT2D eigenvalue weighted by molar-refractivity contribution is 0.00293. The van der Waals surface area contributed by atoms with Crippen molar-refractivity contribution < 1.29 is 19.1 Å². The fourth-order valence-corrected chi connectivity index (χ4v) is 4.76. The van der Waals surface area contributed by atoms with Gasteiger partial charge in [0.2, 0.25) is 0 Å². The van der Waals surface area contributed by atoms with Gasteiger partial charge in [-0.3, -0.25) is 4.79 Å². The lowest BCUT2D eigenvalue weighted by Gasteiger charge is -2.36. The van der Waals surface area contributed by atoms with E-state index < -0.39 is 11.8 Å². The number of cyclic esters (lactones) is 1. The molecular weight excluding hydrogens is 302 g/mol. The van der Waals surface area contributed by atoms with Gasteiger partial charge in [0, 0.05) is 25.9 Å². The first kappa shape index (κ1) is 14.1. The molecule has 4 rings (SSSR count). The van der Waals surface area contributed by atoms with Gasteiger partial charge in [0.15, 0.2) is 5.60 Å². The average Bonchev–Trinajstić information content (AvgIpc) is 3.12. The summed E-state index contributed by atoms with van der Waals surface area (Å²) in [6.07, 6.45) is 5.30. The van der Waals surface area contributed by atoms with Crippen LogP contribution in [0.5, 0.6) is 0 Å². The molecule has 6 heteroatoms. The predicted octanol–water partition coefficient (Wildman–Crippen LogP) is 2.77. The number of rotatable bonds is 1. The molecule has 0 N–H and O–H groups in total. The van der Waals surface area contributed by atoms with Gasteiger partial charge in [-0.05, 0) is 42.2 Å². The Balaban J connectivity index is 1.46. The number of carbonyl (C=O) groups is 2. The first-order valence-electron chi connectivity index (χ1n) is 7.91. The van der Waals surface area contributed by atoms with Gasteiger partial charge in [0.1, 0.15) is 6.61 Å². The van der Waals surface area contributed by atoms with Gasteiger partial charge >= 0.3 is 6.16 Å². The van der Waals surface area contributed by atoms with Gasteiger partial charge in [-0.15, -0.1) is 11.3 Å². The van der Waals surface area contributed by atoms with E-state index in [1.807, 2.05) is 4.90 Å². The van der Waals surface area contributed by atoms with E-state index >= 15 is 0 Å². The summed E-state index contributed by atoms with van der Waals surface area (Å²) < 4.78 is 10.2. The molecule has 3 heterocycles. The molecule has 2 saturated heterocycles. The van der Waals surface area contributed by atoms with Crippen molar-refractivity contribution in [2.24, 2.45) is 0 Å². The van der Waals surface area contributed by atoms with Crippen LogP contribution in [0.25, 0.3) is 0 Å². The summed E-state index contributed by atoms with van der Waals surface area (Å²) in [5.74, 6) is 0.147. The molecule has 1 aromatic rings. The maximum absolute atomic E-state index is 12.8. The third-order valence-electron chi connectivity index (χ3n) is 5.01. The smallest absolute Gasteiger partial charge is 0.430 e. The second-order valence-electron chi connectivity index (χ2n) is 6.39. The minimum atomic E-state index is -0.577. The summed E-state index contributed by atoms with van der Waals surface area (Å²) in [4.78, 5) is 26.8. The number of amides is 1. The molecule has 0 atom stereocenters. The Morgan fingerprint density at radius 3 is 2.73 bits per heavy atom. The van der Waals surface area contributed by atoms with Crippen molar-refractivity contribution in [2.75, 3.05) is 19.7 Å². The SMILES string of the molecule is O=C1OCC2(CCN(C(=O)c3scc4c3CCCC4)CC2)O1. The predicted molar refractivity (Wildman–Crippen MR) is 81.3 cm³/mol. The van der Waals surface area contributed by atoms with Gasteiger partial charge < -0.3 is 14.4 Å². The van der Waals surface area contributed by atoms with E-state index in [0.717, 1.165) is 17.7 Å². The summed E-state index contributed by atoms with van der Waals surface area (Å²) in [5.41, 5.74) is 2.14. The molecule has 118 valence electrons. The molecule has 3 aliphatic rings. The van der Waals surface area contributed by atoms with Crippen molar-refractivity contribution in [3.63, 3.8) is 0 Å². The lowest BCUT2D eigenvalue weighted by Crippen LogP contribution is -2.48. The van der Waals surface area contributed by atoms with E-state index in [4.69, 9.17) is 9.47 Å². The summed E-state index contributed by atoms with van der Waals surface area (Å²) in [6.45, 7) is 1.58. The fraction of sp³-hybridized carbons (Fsp3) is 0.625. The molecule has 22 heavy (non-hydrogen) atoms. The second-order valence-corrected chi connectivity index (χ2v) is 7.27. The zero-order valence-electron chi connectivity index (χ0n) is 12.4. The number of aryl methyl sites for hydroxylation is 1. The normalized spacial score (nSPS) is 23.1. The van der Waals surface area contributed by atoms with Gasteiger partial charge in [0.25, 0.3) is 5.91 Å². The number of piperidine rings is 1. The quantitative estimate of drug-likeness (QED) is 0.746. The van der Waals surface area contributed by atoms with Gasteiger partial charge in [-0.25, -0.2) is 4.79 Å². The summed E-state index contributed by atoms with van der Waals surface area (Å²) in [6, 6.07) is 0. The molecule has 2 aliphatic heterocycles. The van der Waals surface area contributed by atoms with Crippen LogP contribution >= 0.6 is 11.3 Å². The highest BCUT2D eigenvalue weighted by atomic mass is 32.1. The molecule has 0 aromatic carbocycles. The molecule has 0 radical (unpaired) electrons. The van der Waals surface area contributed by atoms with E-state index in [1.165, 1.54) is 24.0 Å². The zero-order valence-corrected chi connectivity index (χ0v) is 13.2. The Morgan fingerprint density at radius 1 is 1.23 bits per heavy atom. The van der Waals surface area contributed by atoms with Crippen molar-refractivity contribution >= 4 is 23.4 Å². The molecule has 1 amide bonds. The zero-order chi connectivity index (χ0) is 15.2. The van der Waals surface area contributed by atoms with Crippen LogP contribution in [0.2, 0.25) is 0 Å². The number of hydrogen-bond acceptors (Lipinski definition) is 5. The van der Waals surface area contributed by atoms with Crippen LogP contribution in [0.3, 0.4) is 0 Å². The molecule has 0 saturated carbocycles. The molecular formula is C16H19NO4S. The van der Waals surface area contributed by atoms with E-state index in [-0.39, 0.29) is 5.91 Å². The Kier molecular flexibility index (Phi) is 3.36. The Morgan fingerprint density at radius 2 is 2.00 bits per heavy atom. The van der Waals surface area contributed by atoms with Crippen molar-refractivity contribution in [1.82, 2.24) is 4.90 Å². The number of carbonyl (C=O) groups excluding carboxylic acids is 2. The Bertz CT molecular complexity index is 616. The van der Waals surface area contributed by atoms with Crippen LogP contribution in [-0.4, -0.2) is 42.3 Å². The summed E-state index contributed by atoms with van der Waals surface area (Å²) in [5, 5.41) is 2.15. The van der Waals surface area contributed by atoms with E-state index in [9.17, 15) is 9.59 Å². The molecule has 5 nitrogen and oxygen atoms in total. The van der Waals surface area contributed by atoms with Gasteiger partial charge in [-0.1, -0.05) is 0 Å². The first-order valence-corrected chi connectivity index (χ1v) is 8.79. The monoisotopic (exact) mass is 321 g/mol. The number of nitrogens with zero attached hydrogens (tertiary/aromatic N) is 1. The number of fused-ring (bicyclic) bond motifs is 1. The van der Waals surface area contributed by atoms with Crippen LogP contribution in [0.1, 0.15) is 46.5 Å². The number of hydrogen-bond donors (Lipinski definition) is 0. The van der Waals surface area contributed by atoms with Crippen LogP contribution < -0.4 is 0 Å². The van der Waals surface area contributed by atoms with E-state index in [0.29, 0.717) is 32.5 Å². The largest absolute Gasteiger partial charge is 0.509 e. The van der Waals surface area contributed by atoms with E-state index in [1.54, 1.807) is 11.3 Å². The molecule has 1 aliphatic carbocycles. The number of thiophene rings is 1. The highest BCUT2D eigenvalue weighted by molar-refractivity contribution is 7.12. The first-order chi connectivity index (χ1) is 10.7. The molecule has 1 spiro atoms. The lowest BCUT2D eigenvalue weighted by atomic mass is 9.91. The van der Waals surface area contributed by atoms with Crippen molar-refractivity contribution in [1.29, 1.82) is 0 Å². The topological polar surface area (TPSA) is 55.8 Å². The molecule has 2 fully saturated rings. The third-order valence-corrected chi connectivity index (χ3v) is 6.07.